The molecule has 0 aliphatic heterocycles. The highest BCUT2D eigenvalue weighted by Crippen LogP contribution is 2.21. The third kappa shape index (κ3) is 6.60. The Morgan fingerprint density at radius 1 is 1.16 bits per heavy atom. The lowest BCUT2D eigenvalue weighted by atomic mass is 9.99. The number of aliphatic hydroxyl groups is 1. The molecule has 0 aromatic heterocycles. The van der Waals surface area contributed by atoms with Crippen LogP contribution in [0.4, 0.5) is 0 Å². The first-order valence-electron chi connectivity index (χ1n) is 7.43. The first-order valence-corrected chi connectivity index (χ1v) is 7.43. The Bertz CT molecular complexity index is 324. The maximum atomic E-state index is 8.64. The van der Waals surface area contributed by atoms with Gasteiger partial charge in [0.1, 0.15) is 5.75 Å². The molecular weight excluding hydrogens is 238 g/mol. The first-order chi connectivity index (χ1) is 9.27. The van der Waals surface area contributed by atoms with E-state index >= 15 is 0 Å². The van der Waals surface area contributed by atoms with E-state index < -0.39 is 0 Å². The Morgan fingerprint density at radius 2 is 1.89 bits per heavy atom. The molecule has 19 heavy (non-hydrogen) atoms. The zero-order chi connectivity index (χ0) is 13.9. The van der Waals surface area contributed by atoms with Gasteiger partial charge in [-0.15, -0.1) is 0 Å². The number of ether oxygens (including phenoxy) is 1. The van der Waals surface area contributed by atoms with E-state index in [1.54, 1.807) is 0 Å². The summed E-state index contributed by atoms with van der Waals surface area (Å²) in [6.07, 6.45) is 3.37. The third-order valence-electron chi connectivity index (χ3n) is 3.47. The van der Waals surface area contributed by atoms with Crippen molar-refractivity contribution in [2.24, 2.45) is 0 Å². The lowest BCUT2D eigenvalue weighted by molar-refractivity contribution is -0.656. The first kappa shape index (κ1) is 16.0. The smallest absolute Gasteiger partial charge is 0.119 e. The highest BCUT2D eigenvalue weighted by molar-refractivity contribution is 5.29. The van der Waals surface area contributed by atoms with Crippen LogP contribution in [0.2, 0.25) is 0 Å². The Morgan fingerprint density at radius 3 is 2.53 bits per heavy atom. The maximum absolute atomic E-state index is 8.64. The van der Waals surface area contributed by atoms with E-state index in [0.29, 0.717) is 5.92 Å². The number of hydrogen-bond donors (Lipinski definition) is 2. The quantitative estimate of drug-likeness (QED) is 0.636. The summed E-state index contributed by atoms with van der Waals surface area (Å²) in [7, 11) is 0. The summed E-state index contributed by atoms with van der Waals surface area (Å²) in [4.78, 5) is 0. The summed E-state index contributed by atoms with van der Waals surface area (Å²) in [5, 5.41) is 10.8. The molecule has 1 atom stereocenters. The zero-order valence-electron chi connectivity index (χ0n) is 12.3. The van der Waals surface area contributed by atoms with Crippen LogP contribution in [0, 0.1) is 0 Å². The van der Waals surface area contributed by atoms with E-state index in [4.69, 9.17) is 9.84 Å². The molecule has 0 bridgehead atoms. The molecule has 1 rings (SSSR count). The summed E-state index contributed by atoms with van der Waals surface area (Å²) in [6.45, 7) is 7.37. The molecule has 1 aromatic rings. The van der Waals surface area contributed by atoms with Crippen LogP contribution in [-0.2, 0) is 0 Å². The molecule has 1 aromatic carbocycles. The van der Waals surface area contributed by atoms with Crippen LogP contribution in [0.5, 0.6) is 5.75 Å². The Hall–Kier alpha value is -1.06. The molecule has 0 aliphatic rings. The minimum Gasteiger partial charge on any atom is -0.494 e. The van der Waals surface area contributed by atoms with Crippen LogP contribution in [0.1, 0.15) is 44.6 Å². The largest absolute Gasteiger partial charge is 0.494 e. The van der Waals surface area contributed by atoms with Crippen LogP contribution >= 0.6 is 0 Å². The minimum atomic E-state index is 0.263. The maximum Gasteiger partial charge on any atom is 0.119 e. The number of benzene rings is 1. The van der Waals surface area contributed by atoms with Crippen molar-refractivity contribution in [2.45, 2.75) is 39.0 Å². The van der Waals surface area contributed by atoms with Crippen molar-refractivity contribution >= 4 is 0 Å². The molecule has 3 N–H and O–H groups in total. The number of aliphatic hydroxyl groups excluding tert-OH is 1. The van der Waals surface area contributed by atoms with E-state index in [9.17, 15) is 0 Å². The molecule has 0 aliphatic carbocycles. The molecule has 0 amide bonds. The summed E-state index contributed by atoms with van der Waals surface area (Å²) in [6, 6.07) is 8.47. The van der Waals surface area contributed by atoms with Crippen molar-refractivity contribution in [1.82, 2.24) is 0 Å². The lowest BCUT2D eigenvalue weighted by Gasteiger charge is -2.10. The van der Waals surface area contributed by atoms with Crippen LogP contribution in [0.3, 0.4) is 0 Å². The third-order valence-corrected chi connectivity index (χ3v) is 3.47. The summed E-state index contributed by atoms with van der Waals surface area (Å²) in [5.41, 5.74) is 1.38. The van der Waals surface area contributed by atoms with E-state index in [0.717, 1.165) is 38.3 Å². The molecule has 0 spiro atoms. The second kappa shape index (κ2) is 9.82. The molecule has 0 saturated carbocycles. The molecular formula is C16H28NO2+. The minimum absolute atomic E-state index is 0.263. The summed E-state index contributed by atoms with van der Waals surface area (Å²) >= 11 is 0. The Balaban J connectivity index is 2.16. The van der Waals surface area contributed by atoms with Gasteiger partial charge in [0.25, 0.3) is 0 Å². The van der Waals surface area contributed by atoms with Crippen LogP contribution < -0.4 is 10.1 Å². The van der Waals surface area contributed by atoms with Gasteiger partial charge in [-0.2, -0.15) is 0 Å². The number of nitrogens with two attached hydrogens (primary N) is 1. The van der Waals surface area contributed by atoms with Crippen molar-refractivity contribution in [3.8, 4) is 5.75 Å². The highest BCUT2D eigenvalue weighted by Gasteiger charge is 2.02. The van der Waals surface area contributed by atoms with Gasteiger partial charge in [-0.05, 0) is 42.9 Å². The molecule has 0 fully saturated rings. The van der Waals surface area contributed by atoms with Crippen LogP contribution in [-0.4, -0.2) is 31.4 Å². The fourth-order valence-corrected chi connectivity index (χ4v) is 1.94. The van der Waals surface area contributed by atoms with E-state index in [1.807, 2.05) is 0 Å². The molecule has 0 heterocycles. The van der Waals surface area contributed by atoms with Crippen molar-refractivity contribution in [1.29, 1.82) is 0 Å². The summed E-state index contributed by atoms with van der Waals surface area (Å²) in [5.74, 6) is 1.59. The lowest BCUT2D eigenvalue weighted by Crippen LogP contribution is -2.85. The van der Waals surface area contributed by atoms with E-state index in [-0.39, 0.29) is 6.61 Å². The van der Waals surface area contributed by atoms with Gasteiger partial charge < -0.3 is 15.2 Å². The number of hydrogen-bond acceptors (Lipinski definition) is 2. The number of unbranched alkanes of at least 4 members (excludes halogenated alkanes) is 1. The van der Waals surface area contributed by atoms with Crippen molar-refractivity contribution < 1.29 is 15.2 Å². The molecule has 3 nitrogen and oxygen atoms in total. The predicted octanol–water partition coefficient (Wildman–Crippen LogP) is 1.91. The van der Waals surface area contributed by atoms with Gasteiger partial charge in [0.2, 0.25) is 0 Å². The highest BCUT2D eigenvalue weighted by atomic mass is 16.5. The Kier molecular flexibility index (Phi) is 8.26. The van der Waals surface area contributed by atoms with Gasteiger partial charge in [0.05, 0.1) is 26.3 Å². The Labute approximate surface area is 117 Å². The topological polar surface area (TPSA) is 46.1 Å². The van der Waals surface area contributed by atoms with Crippen LogP contribution in [0.25, 0.3) is 0 Å². The number of quaternary nitrogens is 1. The molecule has 108 valence electrons. The predicted molar refractivity (Wildman–Crippen MR) is 78.6 cm³/mol. The second-order valence-electron chi connectivity index (χ2n) is 5.02. The van der Waals surface area contributed by atoms with Gasteiger partial charge in [-0.3, -0.25) is 0 Å². The molecule has 0 saturated heterocycles. The van der Waals surface area contributed by atoms with Crippen molar-refractivity contribution in [3.63, 3.8) is 0 Å². The van der Waals surface area contributed by atoms with Gasteiger partial charge in [0, 0.05) is 0 Å². The fourth-order valence-electron chi connectivity index (χ4n) is 1.94. The molecule has 0 radical (unpaired) electrons. The van der Waals surface area contributed by atoms with E-state index in [2.05, 4.69) is 43.4 Å². The monoisotopic (exact) mass is 266 g/mol. The molecule has 3 heteroatoms. The van der Waals surface area contributed by atoms with Crippen molar-refractivity contribution in [2.75, 3.05) is 26.3 Å². The van der Waals surface area contributed by atoms with Gasteiger partial charge in [-0.1, -0.05) is 26.0 Å². The van der Waals surface area contributed by atoms with Gasteiger partial charge in [-0.25, -0.2) is 0 Å². The zero-order valence-corrected chi connectivity index (χ0v) is 12.3. The van der Waals surface area contributed by atoms with Gasteiger partial charge >= 0.3 is 0 Å². The van der Waals surface area contributed by atoms with Crippen molar-refractivity contribution in [3.05, 3.63) is 29.8 Å². The average molecular weight is 266 g/mol. The van der Waals surface area contributed by atoms with Crippen LogP contribution in [0.15, 0.2) is 24.3 Å². The fraction of sp³-hybridized carbons (Fsp3) is 0.625. The van der Waals surface area contributed by atoms with E-state index in [1.165, 1.54) is 12.0 Å². The average Bonchev–Trinajstić information content (AvgIpc) is 2.46. The second-order valence-corrected chi connectivity index (χ2v) is 5.02. The van der Waals surface area contributed by atoms with Gasteiger partial charge in [0.15, 0.2) is 0 Å². The SMILES string of the molecule is CC[C@H](C)c1ccc(OCCCC[NH2+]CCO)cc1. The normalized spacial score (nSPS) is 12.4. The number of rotatable bonds is 10. The molecule has 0 unspecified atom stereocenters. The standard InChI is InChI=1S/C16H27NO2/c1-3-14(2)15-6-8-16(9-7-15)19-13-5-4-10-17-11-12-18/h6-9,14,17-18H,3-5,10-13H2,1-2H3/p+1/t14-/m0/s1. The summed E-state index contributed by atoms with van der Waals surface area (Å²) < 4.78 is 5.72.